The molecule has 0 N–H and O–H groups in total. The number of hydrogen-bond acceptors (Lipinski definition) is 3. The van der Waals surface area contributed by atoms with Crippen LogP contribution in [0.5, 0.6) is 0 Å². The van der Waals surface area contributed by atoms with E-state index < -0.39 is 10.7 Å². The van der Waals surface area contributed by atoms with Crippen molar-refractivity contribution in [2.45, 2.75) is 5.75 Å². The average molecular weight is 161 g/mol. The highest BCUT2D eigenvalue weighted by atomic mass is 32.2. The molecule has 0 atom stereocenters. The first kappa shape index (κ1) is 6.77. The molecule has 1 heterocycles. The van der Waals surface area contributed by atoms with Gasteiger partial charge in [-0.2, -0.15) is 0 Å². The Labute approximate surface area is 59.1 Å². The summed E-state index contributed by atoms with van der Waals surface area (Å²) in [4.78, 5) is 0.853. The van der Waals surface area contributed by atoms with Crippen LogP contribution >= 0.6 is 11.3 Å². The van der Waals surface area contributed by atoms with Gasteiger partial charge in [-0.3, -0.25) is 0 Å². The van der Waals surface area contributed by atoms with E-state index in [1.54, 1.807) is 12.1 Å². The van der Waals surface area contributed by atoms with E-state index in [0.29, 0.717) is 0 Å². The van der Waals surface area contributed by atoms with Crippen molar-refractivity contribution in [2.75, 3.05) is 0 Å². The Balaban J connectivity index is 2.68. The Morgan fingerprint density at radius 1 is 1.67 bits per heavy atom. The van der Waals surface area contributed by atoms with E-state index in [2.05, 4.69) is 5.38 Å². The van der Waals surface area contributed by atoms with Crippen LogP contribution in [-0.4, -0.2) is 8.42 Å². The minimum absolute atomic E-state index is 0.156. The first-order valence-corrected chi connectivity index (χ1v) is 4.53. The standard InChI is InChI=1S/C5H5O2S2/c6-9(7)4-5-2-1-3-8-5/h1-2,9H,4H2. The molecule has 1 aromatic rings. The molecule has 9 heavy (non-hydrogen) atoms. The van der Waals surface area contributed by atoms with E-state index in [1.807, 2.05) is 0 Å². The predicted octanol–water partition coefficient (Wildman–Crippen LogP) is 0.660. The topological polar surface area (TPSA) is 34.1 Å². The molecule has 0 bridgehead atoms. The van der Waals surface area contributed by atoms with Crippen LogP contribution in [0.4, 0.5) is 0 Å². The van der Waals surface area contributed by atoms with Crippen molar-refractivity contribution in [3.8, 4) is 0 Å². The van der Waals surface area contributed by atoms with Gasteiger partial charge in [0.05, 0.1) is 5.75 Å². The van der Waals surface area contributed by atoms with Crippen LogP contribution in [0.15, 0.2) is 12.1 Å². The van der Waals surface area contributed by atoms with Crippen LogP contribution in [0, 0.1) is 5.38 Å². The fraction of sp³-hybridized carbons (Fsp3) is 0.200. The summed E-state index contributed by atoms with van der Waals surface area (Å²) in [7, 11) is -2.26. The van der Waals surface area contributed by atoms with Crippen molar-refractivity contribution in [1.82, 2.24) is 0 Å². The number of hydrogen-bond donors (Lipinski definition) is 1. The lowest BCUT2D eigenvalue weighted by atomic mass is 10.5. The fourth-order valence-corrected chi connectivity index (χ4v) is 1.84. The summed E-state index contributed by atoms with van der Waals surface area (Å²) in [6.07, 6.45) is 0. The zero-order valence-electron chi connectivity index (χ0n) is 4.53. The zero-order chi connectivity index (χ0) is 6.69. The Hall–Kier alpha value is -0.350. The molecule has 0 aliphatic carbocycles. The third kappa shape index (κ3) is 2.15. The van der Waals surface area contributed by atoms with Gasteiger partial charge in [-0.05, 0) is 12.1 Å². The Bertz CT molecular complexity index is 227. The molecule has 0 saturated carbocycles. The highest BCUT2D eigenvalue weighted by Crippen LogP contribution is 2.07. The van der Waals surface area contributed by atoms with Gasteiger partial charge < -0.3 is 0 Å². The zero-order valence-corrected chi connectivity index (χ0v) is 6.24. The normalized spacial score (nSPS) is 10.3. The first-order chi connectivity index (χ1) is 4.29. The van der Waals surface area contributed by atoms with Crippen LogP contribution in [-0.2, 0) is 16.5 Å². The van der Waals surface area contributed by atoms with E-state index >= 15 is 0 Å². The molecule has 0 spiro atoms. The second-order valence-electron chi connectivity index (χ2n) is 1.51. The lowest BCUT2D eigenvalue weighted by molar-refractivity contribution is 0.614. The van der Waals surface area contributed by atoms with E-state index in [1.165, 1.54) is 11.3 Å². The second-order valence-corrected chi connectivity index (χ2v) is 3.46. The summed E-state index contributed by atoms with van der Waals surface area (Å²) in [5, 5.41) is 2.81. The van der Waals surface area contributed by atoms with Crippen molar-refractivity contribution in [2.24, 2.45) is 0 Å². The van der Waals surface area contributed by atoms with Crippen LogP contribution in [0.25, 0.3) is 0 Å². The molecule has 1 aromatic heterocycles. The molecule has 0 saturated heterocycles. The summed E-state index contributed by atoms with van der Waals surface area (Å²) in [6, 6.07) is 3.48. The lowest BCUT2D eigenvalue weighted by Gasteiger charge is -1.80. The molecule has 2 nitrogen and oxygen atoms in total. The molecule has 4 heteroatoms. The van der Waals surface area contributed by atoms with E-state index in [4.69, 9.17) is 0 Å². The van der Waals surface area contributed by atoms with Gasteiger partial charge in [-0.1, -0.05) is 0 Å². The van der Waals surface area contributed by atoms with Gasteiger partial charge in [-0.15, -0.1) is 11.3 Å². The summed E-state index contributed by atoms with van der Waals surface area (Å²) in [6.45, 7) is 0. The SMILES string of the molecule is O=[SH](=O)Cc1cc[c]s1. The van der Waals surface area contributed by atoms with Gasteiger partial charge in [0, 0.05) is 10.3 Å². The van der Waals surface area contributed by atoms with Crippen molar-refractivity contribution in [3.05, 3.63) is 22.4 Å². The maximum absolute atomic E-state index is 10.1. The quantitative estimate of drug-likeness (QED) is 0.646. The summed E-state index contributed by atoms with van der Waals surface area (Å²) < 4.78 is 20.2. The van der Waals surface area contributed by atoms with Crippen LogP contribution in [0.3, 0.4) is 0 Å². The van der Waals surface area contributed by atoms with Crippen molar-refractivity contribution in [1.29, 1.82) is 0 Å². The van der Waals surface area contributed by atoms with Crippen LogP contribution in [0.1, 0.15) is 4.88 Å². The molecule has 0 aromatic carbocycles. The summed E-state index contributed by atoms with van der Waals surface area (Å²) in [5.41, 5.74) is 0. The van der Waals surface area contributed by atoms with E-state index in [0.717, 1.165) is 4.88 Å². The maximum atomic E-state index is 10.1. The number of thiophene rings is 1. The number of rotatable bonds is 2. The lowest BCUT2D eigenvalue weighted by Crippen LogP contribution is -1.78. The van der Waals surface area contributed by atoms with Gasteiger partial charge in [-0.25, -0.2) is 8.42 Å². The summed E-state index contributed by atoms with van der Waals surface area (Å²) in [5.74, 6) is 0.156. The van der Waals surface area contributed by atoms with Gasteiger partial charge in [0.15, 0.2) is 0 Å². The Morgan fingerprint density at radius 3 is 2.89 bits per heavy atom. The van der Waals surface area contributed by atoms with Gasteiger partial charge in [0.2, 0.25) is 0 Å². The molecular formula is C5H5O2S2. The van der Waals surface area contributed by atoms with Crippen molar-refractivity contribution >= 4 is 22.0 Å². The number of thiol groups is 1. The van der Waals surface area contributed by atoms with Crippen LogP contribution in [0.2, 0.25) is 0 Å². The third-order valence-electron chi connectivity index (χ3n) is 0.812. The molecular weight excluding hydrogens is 156 g/mol. The van der Waals surface area contributed by atoms with E-state index in [9.17, 15) is 8.42 Å². The van der Waals surface area contributed by atoms with Crippen molar-refractivity contribution < 1.29 is 8.42 Å². The molecule has 1 radical (unpaired) electrons. The molecule has 0 aliphatic heterocycles. The fourth-order valence-electron chi connectivity index (χ4n) is 0.483. The monoisotopic (exact) mass is 161 g/mol. The maximum Gasteiger partial charge on any atom is 0.145 e. The smallest absolute Gasteiger partial charge is 0.145 e. The third-order valence-corrected chi connectivity index (χ3v) is 2.42. The summed E-state index contributed by atoms with van der Waals surface area (Å²) >= 11 is 1.34. The Morgan fingerprint density at radius 2 is 2.44 bits per heavy atom. The predicted molar refractivity (Wildman–Crippen MR) is 37.2 cm³/mol. The van der Waals surface area contributed by atoms with E-state index in [-0.39, 0.29) is 5.75 Å². The van der Waals surface area contributed by atoms with Crippen molar-refractivity contribution in [3.63, 3.8) is 0 Å². The molecule has 1 rings (SSSR count). The van der Waals surface area contributed by atoms with Crippen LogP contribution < -0.4 is 0 Å². The molecule has 0 unspecified atom stereocenters. The van der Waals surface area contributed by atoms with Gasteiger partial charge >= 0.3 is 0 Å². The molecule has 0 amide bonds. The largest absolute Gasteiger partial charge is 0.231 e. The average Bonchev–Trinajstić information content (AvgIpc) is 2.15. The van der Waals surface area contributed by atoms with Gasteiger partial charge in [0.25, 0.3) is 0 Å². The minimum atomic E-state index is -2.26. The highest BCUT2D eigenvalue weighted by molar-refractivity contribution is 7.71. The Kier molecular flexibility index (Phi) is 2.24. The molecule has 49 valence electrons. The second kappa shape index (κ2) is 2.98. The molecule has 0 fully saturated rings. The highest BCUT2D eigenvalue weighted by Gasteiger charge is 1.92. The molecule has 0 aliphatic rings. The minimum Gasteiger partial charge on any atom is -0.231 e. The first-order valence-electron chi connectivity index (χ1n) is 2.35. The van der Waals surface area contributed by atoms with Gasteiger partial charge in [0.1, 0.15) is 10.7 Å².